The molecule has 4 aliphatic carbocycles. The Kier molecular flexibility index (Phi) is 5.12. The summed E-state index contributed by atoms with van der Waals surface area (Å²) in [7, 11) is 0. The van der Waals surface area contributed by atoms with Crippen molar-refractivity contribution >= 4 is 5.97 Å². The van der Waals surface area contributed by atoms with Crippen molar-refractivity contribution in [2.45, 2.75) is 89.8 Å². The third-order valence-corrected chi connectivity index (χ3v) is 10.1. The van der Waals surface area contributed by atoms with E-state index in [1.165, 1.54) is 0 Å². The molecule has 0 saturated heterocycles. The van der Waals surface area contributed by atoms with Crippen LogP contribution in [0.15, 0.2) is 0 Å². The Balaban J connectivity index is 1.62. The van der Waals surface area contributed by atoms with Crippen LogP contribution in [-0.2, 0) is 4.79 Å². The van der Waals surface area contributed by atoms with Gasteiger partial charge in [-0.25, -0.2) is 0 Å². The number of hydrogen-bond donors (Lipinski definition) is 4. The Labute approximate surface area is 168 Å². The first kappa shape index (κ1) is 20.6. The summed E-state index contributed by atoms with van der Waals surface area (Å²) in [4.78, 5) is 11.3. The zero-order valence-electron chi connectivity index (χ0n) is 17.4. The van der Waals surface area contributed by atoms with E-state index in [1.54, 1.807) is 0 Å². The van der Waals surface area contributed by atoms with Crippen LogP contribution < -0.4 is 0 Å². The molecule has 0 amide bonds. The third-order valence-electron chi connectivity index (χ3n) is 10.1. The molecule has 0 heterocycles. The van der Waals surface area contributed by atoms with E-state index < -0.39 is 11.6 Å². The van der Waals surface area contributed by atoms with Crippen LogP contribution in [-0.4, -0.2) is 44.7 Å². The van der Waals surface area contributed by atoms with Crippen molar-refractivity contribution in [3.8, 4) is 0 Å². The maximum atomic E-state index is 12.1. The summed E-state index contributed by atoms with van der Waals surface area (Å²) in [5, 5.41) is 41.5. The molecule has 0 aromatic heterocycles. The van der Waals surface area contributed by atoms with Gasteiger partial charge in [-0.05, 0) is 98.2 Å². The maximum Gasteiger partial charge on any atom is 0.303 e. The van der Waals surface area contributed by atoms with E-state index >= 15 is 0 Å². The van der Waals surface area contributed by atoms with Crippen molar-refractivity contribution in [1.29, 1.82) is 0 Å². The van der Waals surface area contributed by atoms with E-state index in [2.05, 4.69) is 13.8 Å². The van der Waals surface area contributed by atoms with Crippen LogP contribution >= 0.6 is 0 Å². The van der Waals surface area contributed by atoms with E-state index in [1.807, 2.05) is 0 Å². The van der Waals surface area contributed by atoms with Gasteiger partial charge in [-0.15, -0.1) is 0 Å². The van der Waals surface area contributed by atoms with Crippen LogP contribution in [0.5, 0.6) is 0 Å². The number of aliphatic carboxylic acids is 1. The van der Waals surface area contributed by atoms with Crippen molar-refractivity contribution in [1.82, 2.24) is 0 Å². The Morgan fingerprint density at radius 3 is 2.46 bits per heavy atom. The van der Waals surface area contributed by atoms with E-state index in [9.17, 15) is 25.2 Å². The summed E-state index contributed by atoms with van der Waals surface area (Å²) in [6.45, 7) is 4.46. The maximum absolute atomic E-state index is 12.1. The number of carboxylic acid groups (broad SMARTS) is 1. The largest absolute Gasteiger partial charge is 0.481 e. The van der Waals surface area contributed by atoms with Crippen molar-refractivity contribution in [3.05, 3.63) is 0 Å². The van der Waals surface area contributed by atoms with Gasteiger partial charge in [0.25, 0.3) is 0 Å². The van der Waals surface area contributed by atoms with Crippen LogP contribution in [0.3, 0.4) is 0 Å². The topological polar surface area (TPSA) is 98.0 Å². The quantitative estimate of drug-likeness (QED) is 0.587. The molecule has 0 aromatic carbocycles. The number of fused-ring (bicyclic) bond motifs is 5. The third kappa shape index (κ3) is 2.79. The summed E-state index contributed by atoms with van der Waals surface area (Å²) in [6.07, 6.45) is 8.28. The van der Waals surface area contributed by atoms with Gasteiger partial charge in [0.05, 0.1) is 18.1 Å². The van der Waals surface area contributed by atoms with Gasteiger partial charge in [0, 0.05) is 6.61 Å². The average molecular weight is 395 g/mol. The molecule has 0 aliphatic heterocycles. The van der Waals surface area contributed by atoms with Crippen molar-refractivity contribution in [2.24, 2.45) is 40.4 Å². The van der Waals surface area contributed by atoms with Gasteiger partial charge in [-0.1, -0.05) is 13.8 Å². The first-order valence-electron chi connectivity index (χ1n) is 11.4. The number of rotatable bonds is 4. The highest BCUT2D eigenvalue weighted by atomic mass is 16.4. The molecular formula is C23H38O5. The number of hydrogen-bond acceptors (Lipinski definition) is 4. The van der Waals surface area contributed by atoms with Crippen molar-refractivity contribution in [3.63, 3.8) is 0 Å². The fraction of sp³-hybridized carbons (Fsp3) is 0.957. The number of carbonyl (C=O) groups is 1. The standard InChI is InChI=1S/C23H38O5/c1-21-8-5-16(25)12-15(21)3-4-19-18(21)6-9-22(2)17(7-10-23(19,22)28)14(13-24)11-20(26)27/h14-19,24-25,28H,3-13H2,1-2H3,(H,26,27)/t14-,15+,16-,17+,18-,19+,21-,22+,23-/m0/s1. The minimum Gasteiger partial charge on any atom is -0.481 e. The molecule has 0 aromatic rings. The number of aliphatic hydroxyl groups is 3. The van der Waals surface area contributed by atoms with Crippen molar-refractivity contribution in [2.75, 3.05) is 6.61 Å². The highest BCUT2D eigenvalue weighted by Gasteiger charge is 2.67. The summed E-state index contributed by atoms with van der Waals surface area (Å²) < 4.78 is 0. The monoisotopic (exact) mass is 394 g/mol. The molecule has 4 fully saturated rings. The molecule has 4 saturated carbocycles. The van der Waals surface area contributed by atoms with Gasteiger partial charge >= 0.3 is 5.97 Å². The molecule has 160 valence electrons. The molecule has 5 heteroatoms. The highest BCUT2D eigenvalue weighted by molar-refractivity contribution is 5.67. The number of carboxylic acids is 1. The lowest BCUT2D eigenvalue weighted by Gasteiger charge is -2.64. The van der Waals surface area contributed by atoms with E-state index in [-0.39, 0.29) is 47.7 Å². The predicted octanol–water partition coefficient (Wildman–Crippen LogP) is 3.20. The Hall–Kier alpha value is -0.650. The molecule has 4 N–H and O–H groups in total. The minimum absolute atomic E-state index is 0.0153. The van der Waals surface area contributed by atoms with Crippen LogP contribution in [0, 0.1) is 40.4 Å². The molecule has 28 heavy (non-hydrogen) atoms. The predicted molar refractivity (Wildman–Crippen MR) is 106 cm³/mol. The molecule has 0 spiro atoms. The van der Waals surface area contributed by atoms with E-state index in [0.717, 1.165) is 57.8 Å². The van der Waals surface area contributed by atoms with Gasteiger partial charge in [0.15, 0.2) is 0 Å². The Morgan fingerprint density at radius 1 is 1.04 bits per heavy atom. The normalized spacial score (nSPS) is 51.7. The number of aliphatic hydroxyl groups excluding tert-OH is 2. The van der Waals surface area contributed by atoms with Crippen LogP contribution in [0.25, 0.3) is 0 Å². The van der Waals surface area contributed by atoms with Gasteiger partial charge in [-0.2, -0.15) is 0 Å². The lowest BCUT2D eigenvalue weighted by molar-refractivity contribution is -0.214. The fourth-order valence-corrected chi connectivity index (χ4v) is 8.56. The summed E-state index contributed by atoms with van der Waals surface area (Å²) in [5.41, 5.74) is -0.861. The zero-order chi connectivity index (χ0) is 20.3. The fourth-order valence-electron chi connectivity index (χ4n) is 8.56. The average Bonchev–Trinajstić information content (AvgIpc) is 2.92. The minimum atomic E-state index is -0.861. The highest BCUT2D eigenvalue weighted by Crippen LogP contribution is 2.69. The Bertz CT molecular complexity index is 622. The summed E-state index contributed by atoms with van der Waals surface area (Å²) in [5.74, 6) is 0.239. The van der Waals surface area contributed by atoms with E-state index in [4.69, 9.17) is 0 Å². The molecule has 0 unspecified atom stereocenters. The SMILES string of the molecule is C[C@]12CC[C@H](O)C[C@H]1CC[C@@H]1[C@@H]2CC[C@]2(C)[C@@H]([C@H](CO)CC(=O)O)CC[C@]12O. The Morgan fingerprint density at radius 2 is 1.79 bits per heavy atom. The summed E-state index contributed by atoms with van der Waals surface area (Å²) in [6, 6.07) is 0. The molecule has 0 radical (unpaired) electrons. The van der Waals surface area contributed by atoms with Gasteiger partial charge in [0.2, 0.25) is 0 Å². The van der Waals surface area contributed by atoms with Crippen LogP contribution in [0.1, 0.15) is 78.1 Å². The molecular weight excluding hydrogens is 356 g/mol. The van der Waals surface area contributed by atoms with E-state index in [0.29, 0.717) is 11.8 Å². The zero-order valence-corrected chi connectivity index (χ0v) is 17.4. The first-order valence-corrected chi connectivity index (χ1v) is 11.4. The smallest absolute Gasteiger partial charge is 0.303 e. The van der Waals surface area contributed by atoms with Crippen LogP contribution in [0.4, 0.5) is 0 Å². The molecule has 9 atom stereocenters. The molecule has 5 nitrogen and oxygen atoms in total. The second-order valence-corrected chi connectivity index (χ2v) is 11.0. The second kappa shape index (κ2) is 6.95. The van der Waals surface area contributed by atoms with Crippen molar-refractivity contribution < 1.29 is 25.2 Å². The van der Waals surface area contributed by atoms with Crippen LogP contribution in [0.2, 0.25) is 0 Å². The first-order chi connectivity index (χ1) is 13.2. The summed E-state index contributed by atoms with van der Waals surface area (Å²) >= 11 is 0. The molecule has 0 bridgehead atoms. The van der Waals surface area contributed by atoms with Gasteiger partial charge < -0.3 is 20.4 Å². The lowest BCUT2D eigenvalue weighted by Crippen LogP contribution is -2.62. The van der Waals surface area contributed by atoms with Gasteiger partial charge in [-0.3, -0.25) is 4.79 Å². The lowest BCUT2D eigenvalue weighted by atomic mass is 9.43. The van der Waals surface area contributed by atoms with Gasteiger partial charge in [0.1, 0.15) is 0 Å². The second-order valence-electron chi connectivity index (χ2n) is 11.0. The molecule has 4 aliphatic rings. The molecule has 4 rings (SSSR count).